The van der Waals surface area contributed by atoms with E-state index in [1.165, 1.54) is 36.5 Å². The van der Waals surface area contributed by atoms with Gasteiger partial charge in [0.1, 0.15) is 0 Å². The summed E-state index contributed by atoms with van der Waals surface area (Å²) in [6.07, 6.45) is 1.54. The van der Waals surface area contributed by atoms with Crippen LogP contribution < -0.4 is 9.44 Å². The average Bonchev–Trinajstić information content (AvgIpc) is 2.79. The molecule has 0 radical (unpaired) electrons. The zero-order chi connectivity index (χ0) is 23.6. The second-order valence-electron chi connectivity index (χ2n) is 6.84. The Hall–Kier alpha value is -4.03. The first-order valence-electron chi connectivity index (χ1n) is 9.40. The molecule has 4 aromatic rings. The largest absolute Gasteiger partial charge is 0.289 e. The normalized spacial score (nSPS) is 11.8. The van der Waals surface area contributed by atoms with E-state index < -0.39 is 35.6 Å². The van der Waals surface area contributed by atoms with Crippen molar-refractivity contribution in [1.29, 1.82) is 0 Å². The van der Waals surface area contributed by atoms with Crippen LogP contribution in [0.5, 0.6) is 0 Å². The van der Waals surface area contributed by atoms with Crippen LogP contribution in [0, 0.1) is 10.1 Å². The predicted molar refractivity (Wildman–Crippen MR) is 123 cm³/mol. The molecule has 4 rings (SSSR count). The maximum absolute atomic E-state index is 13.0. The van der Waals surface area contributed by atoms with E-state index in [9.17, 15) is 26.9 Å². The topological polar surface area (TPSA) is 148 Å². The molecular formula is C21H16N4O6S2. The molecule has 0 atom stereocenters. The Morgan fingerprint density at radius 1 is 0.788 bits per heavy atom. The number of sulfonamides is 2. The third-order valence-corrected chi connectivity index (χ3v) is 7.42. The number of fused-ring (bicyclic) bond motifs is 1. The molecule has 168 valence electrons. The number of nitrogens with zero attached hydrogens (tertiary/aromatic N) is 2. The quantitative estimate of drug-likeness (QED) is 0.300. The maximum atomic E-state index is 13.0. The van der Waals surface area contributed by atoms with Gasteiger partial charge in [0.2, 0.25) is 0 Å². The molecule has 0 spiro atoms. The maximum Gasteiger partial charge on any atom is 0.289 e. The summed E-state index contributed by atoms with van der Waals surface area (Å²) in [5.41, 5.74) is 0.0433. The standard InChI is InChI=1S/C21H16N4O6S2/c26-25(27)19-11-1-2-12-20(19)33(30,31)23-16-8-4-9-17(14-16)32(28,29)24-18-10-3-6-15-7-5-13-22-21(15)18/h1-14,23-24H. The van der Waals surface area contributed by atoms with Crippen molar-refractivity contribution in [3.63, 3.8) is 0 Å². The summed E-state index contributed by atoms with van der Waals surface area (Å²) in [5.74, 6) is 0. The Balaban J connectivity index is 1.66. The van der Waals surface area contributed by atoms with Crippen molar-refractivity contribution in [2.24, 2.45) is 0 Å². The Bertz CT molecular complexity index is 1580. The average molecular weight is 485 g/mol. The molecule has 12 heteroatoms. The van der Waals surface area contributed by atoms with Crippen molar-refractivity contribution in [2.45, 2.75) is 9.79 Å². The molecule has 10 nitrogen and oxygen atoms in total. The smallest absolute Gasteiger partial charge is 0.279 e. The van der Waals surface area contributed by atoms with Crippen LogP contribution >= 0.6 is 0 Å². The van der Waals surface area contributed by atoms with Gasteiger partial charge in [0.25, 0.3) is 25.7 Å². The molecule has 3 aromatic carbocycles. The third kappa shape index (κ3) is 4.61. The first-order valence-corrected chi connectivity index (χ1v) is 12.4. The highest BCUT2D eigenvalue weighted by Crippen LogP contribution is 2.28. The molecule has 0 aliphatic rings. The van der Waals surface area contributed by atoms with E-state index >= 15 is 0 Å². The molecule has 0 aliphatic carbocycles. The summed E-state index contributed by atoms with van der Waals surface area (Å²) in [4.78, 5) is 13.8. The van der Waals surface area contributed by atoms with Crippen molar-refractivity contribution in [3.8, 4) is 0 Å². The zero-order valence-electron chi connectivity index (χ0n) is 16.7. The van der Waals surface area contributed by atoms with E-state index in [1.54, 1.807) is 30.3 Å². The zero-order valence-corrected chi connectivity index (χ0v) is 18.4. The SMILES string of the molecule is O=[N+]([O-])c1ccccc1S(=O)(=O)Nc1cccc(S(=O)(=O)Nc2cccc3cccnc23)c1. The van der Waals surface area contributed by atoms with Crippen LogP contribution in [0.3, 0.4) is 0 Å². The van der Waals surface area contributed by atoms with Gasteiger partial charge in [-0.2, -0.15) is 0 Å². The first-order chi connectivity index (χ1) is 15.7. The number of nitro benzene ring substituents is 1. The summed E-state index contributed by atoms with van der Waals surface area (Å²) >= 11 is 0. The first kappa shape index (κ1) is 22.2. The van der Waals surface area contributed by atoms with E-state index in [0.717, 1.165) is 23.6 Å². The lowest BCUT2D eigenvalue weighted by atomic mass is 10.2. The van der Waals surface area contributed by atoms with Gasteiger partial charge in [-0.05, 0) is 36.4 Å². The number of para-hydroxylation sites is 2. The lowest BCUT2D eigenvalue weighted by Gasteiger charge is -2.12. The molecule has 0 saturated heterocycles. The van der Waals surface area contributed by atoms with E-state index in [-0.39, 0.29) is 16.3 Å². The van der Waals surface area contributed by atoms with E-state index in [1.807, 2.05) is 0 Å². The highest BCUT2D eigenvalue weighted by molar-refractivity contribution is 7.93. The number of nitro groups is 1. The van der Waals surface area contributed by atoms with E-state index in [4.69, 9.17) is 0 Å². The fraction of sp³-hybridized carbons (Fsp3) is 0. The van der Waals surface area contributed by atoms with Crippen molar-refractivity contribution < 1.29 is 21.8 Å². The highest BCUT2D eigenvalue weighted by atomic mass is 32.2. The predicted octanol–water partition coefficient (Wildman–Crippen LogP) is 3.74. The summed E-state index contributed by atoms with van der Waals surface area (Å²) in [5, 5.41) is 11.9. The molecule has 1 aromatic heterocycles. The number of hydrogen-bond donors (Lipinski definition) is 2. The van der Waals surface area contributed by atoms with Crippen LogP contribution in [-0.4, -0.2) is 26.7 Å². The lowest BCUT2D eigenvalue weighted by molar-refractivity contribution is -0.387. The molecular weight excluding hydrogens is 468 g/mol. The molecule has 0 bridgehead atoms. The van der Waals surface area contributed by atoms with Gasteiger partial charge in [-0.15, -0.1) is 0 Å². The van der Waals surface area contributed by atoms with Gasteiger partial charge < -0.3 is 0 Å². The molecule has 0 unspecified atom stereocenters. The number of nitrogens with one attached hydrogen (secondary N) is 2. The number of benzene rings is 3. The number of aromatic nitrogens is 1. The van der Waals surface area contributed by atoms with Gasteiger partial charge in [0.15, 0.2) is 4.90 Å². The van der Waals surface area contributed by atoms with Gasteiger partial charge in [-0.25, -0.2) is 16.8 Å². The van der Waals surface area contributed by atoms with Crippen LogP contribution in [0.2, 0.25) is 0 Å². The minimum Gasteiger partial charge on any atom is -0.279 e. The number of anilines is 2. The second-order valence-corrected chi connectivity index (χ2v) is 10.2. The fourth-order valence-electron chi connectivity index (χ4n) is 3.16. The van der Waals surface area contributed by atoms with Crippen molar-refractivity contribution >= 4 is 48.0 Å². The summed E-state index contributed by atoms with van der Waals surface area (Å²) in [7, 11) is -8.46. The molecule has 0 saturated carbocycles. The van der Waals surface area contributed by atoms with Crippen LogP contribution in [-0.2, 0) is 20.0 Å². The van der Waals surface area contributed by atoms with Crippen LogP contribution in [0.15, 0.2) is 94.9 Å². The van der Waals surface area contributed by atoms with E-state index in [0.29, 0.717) is 5.52 Å². The summed E-state index contributed by atoms with van der Waals surface area (Å²) in [6, 6.07) is 18.5. The minimum atomic E-state index is -4.36. The third-order valence-electron chi connectivity index (χ3n) is 4.63. The molecule has 33 heavy (non-hydrogen) atoms. The molecule has 0 fully saturated rings. The van der Waals surface area contributed by atoms with Gasteiger partial charge in [-0.3, -0.25) is 24.5 Å². The summed E-state index contributed by atoms with van der Waals surface area (Å²) < 4.78 is 56.1. The number of rotatable bonds is 7. The summed E-state index contributed by atoms with van der Waals surface area (Å²) in [6.45, 7) is 0. The van der Waals surface area contributed by atoms with Gasteiger partial charge in [0.05, 0.1) is 26.7 Å². The van der Waals surface area contributed by atoms with Crippen LogP contribution in [0.1, 0.15) is 0 Å². The number of pyridine rings is 1. The van der Waals surface area contributed by atoms with Crippen molar-refractivity contribution in [2.75, 3.05) is 9.44 Å². The minimum absolute atomic E-state index is 0.0768. The number of hydrogen-bond acceptors (Lipinski definition) is 7. The highest BCUT2D eigenvalue weighted by Gasteiger charge is 2.26. The monoisotopic (exact) mass is 484 g/mol. The van der Waals surface area contributed by atoms with Crippen LogP contribution in [0.4, 0.5) is 17.1 Å². The molecule has 0 aliphatic heterocycles. The van der Waals surface area contributed by atoms with Gasteiger partial charge in [0, 0.05) is 17.6 Å². The van der Waals surface area contributed by atoms with Gasteiger partial charge in [-0.1, -0.05) is 36.4 Å². The second kappa shape index (κ2) is 8.48. The Labute approximate surface area is 189 Å². The Morgan fingerprint density at radius 2 is 1.52 bits per heavy atom. The van der Waals surface area contributed by atoms with Gasteiger partial charge >= 0.3 is 0 Å². The molecule has 1 heterocycles. The van der Waals surface area contributed by atoms with E-state index in [2.05, 4.69) is 14.4 Å². The Morgan fingerprint density at radius 3 is 2.30 bits per heavy atom. The van der Waals surface area contributed by atoms with Crippen LogP contribution in [0.25, 0.3) is 10.9 Å². The molecule has 2 N–H and O–H groups in total. The Kier molecular flexibility index (Phi) is 5.70. The lowest BCUT2D eigenvalue weighted by Crippen LogP contribution is -2.16. The molecule has 0 amide bonds. The fourth-order valence-corrected chi connectivity index (χ4v) is 5.50. The van der Waals surface area contributed by atoms with Crippen molar-refractivity contribution in [3.05, 3.63) is 95.2 Å². The van der Waals surface area contributed by atoms with Crippen molar-refractivity contribution in [1.82, 2.24) is 4.98 Å².